The number of carbonyl (C=O) groups excluding carboxylic acids is 2. The Balaban J connectivity index is 1.51. The first-order valence-corrected chi connectivity index (χ1v) is 12.2. The molecule has 0 amide bonds. The van der Waals surface area contributed by atoms with E-state index in [0.29, 0.717) is 17.3 Å². The Hall–Kier alpha value is -1.32. The summed E-state index contributed by atoms with van der Waals surface area (Å²) >= 11 is 0. The molecule has 3 fully saturated rings. The van der Waals surface area contributed by atoms with Gasteiger partial charge in [-0.2, -0.15) is 0 Å². The van der Waals surface area contributed by atoms with Crippen molar-refractivity contribution in [2.75, 3.05) is 0 Å². The summed E-state index contributed by atoms with van der Waals surface area (Å²) in [5.74, 6) is 2.28. The van der Waals surface area contributed by atoms with Crippen molar-refractivity contribution in [1.82, 2.24) is 0 Å². The maximum absolute atomic E-state index is 11.4. The Morgan fingerprint density at radius 2 is 1.93 bits per heavy atom. The first kappa shape index (κ1) is 21.9. The maximum atomic E-state index is 11.4. The molecule has 0 aromatic rings. The van der Waals surface area contributed by atoms with Gasteiger partial charge in [0.05, 0.1) is 0 Å². The molecule has 0 aliphatic heterocycles. The fraction of sp³-hybridized carbons (Fsp3) is 0.846. The van der Waals surface area contributed by atoms with Crippen molar-refractivity contribution in [3.63, 3.8) is 0 Å². The van der Waals surface area contributed by atoms with E-state index in [-0.39, 0.29) is 23.9 Å². The van der Waals surface area contributed by atoms with Crippen LogP contribution >= 0.6 is 0 Å². The molecule has 0 unspecified atom stereocenters. The van der Waals surface area contributed by atoms with Crippen molar-refractivity contribution in [2.45, 2.75) is 98.0 Å². The molecule has 0 saturated heterocycles. The molecule has 0 heterocycles. The minimum atomic E-state index is -0.910. The number of aliphatic carboxylic acids is 1. The van der Waals surface area contributed by atoms with Crippen molar-refractivity contribution in [1.29, 1.82) is 0 Å². The number of allylic oxidation sites excluding steroid dienone is 1. The molecule has 8 atom stereocenters. The summed E-state index contributed by atoms with van der Waals surface area (Å²) in [4.78, 5) is 22.4. The Labute approximate surface area is 181 Å². The zero-order valence-electron chi connectivity index (χ0n) is 19.2. The number of hydrogen-bond acceptors (Lipinski definition) is 4. The average Bonchev–Trinajstić information content (AvgIpc) is 3.03. The van der Waals surface area contributed by atoms with Crippen LogP contribution in [-0.4, -0.2) is 18.0 Å². The summed E-state index contributed by atoms with van der Waals surface area (Å²) < 4.78 is 5.56. The van der Waals surface area contributed by atoms with Crippen LogP contribution in [0.15, 0.2) is 11.6 Å². The molecule has 0 spiro atoms. The number of carbonyl (C=O) groups is 2. The van der Waals surface area contributed by atoms with E-state index in [9.17, 15) is 14.7 Å². The molecule has 4 heteroatoms. The SMILES string of the molecule is CC(=O)O[C@H]1CC[C@@]2(C)C(=CC[C@H]3[C@H]2CC[C@@]2(C)[C@H]3CC[C@H]2[C@H](C)CCC(=O)[O-])C1. The summed E-state index contributed by atoms with van der Waals surface area (Å²) in [5, 5.41) is 11.0. The van der Waals surface area contributed by atoms with Crippen LogP contribution in [0.5, 0.6) is 0 Å². The number of ether oxygens (including phenoxy) is 1. The maximum Gasteiger partial charge on any atom is 0.302 e. The van der Waals surface area contributed by atoms with Gasteiger partial charge in [0, 0.05) is 19.3 Å². The van der Waals surface area contributed by atoms with Gasteiger partial charge in [-0.15, -0.1) is 0 Å². The Morgan fingerprint density at radius 3 is 2.63 bits per heavy atom. The Morgan fingerprint density at radius 1 is 1.17 bits per heavy atom. The van der Waals surface area contributed by atoms with Gasteiger partial charge in [-0.3, -0.25) is 4.79 Å². The average molecular weight is 416 g/mol. The lowest BCUT2D eigenvalue weighted by Gasteiger charge is -2.58. The second-order valence-corrected chi connectivity index (χ2v) is 11.3. The van der Waals surface area contributed by atoms with Crippen LogP contribution in [0.2, 0.25) is 0 Å². The van der Waals surface area contributed by atoms with Crippen LogP contribution in [0.1, 0.15) is 91.9 Å². The highest BCUT2D eigenvalue weighted by atomic mass is 16.5. The monoisotopic (exact) mass is 415 g/mol. The Bertz CT molecular complexity index is 727. The summed E-state index contributed by atoms with van der Waals surface area (Å²) in [7, 11) is 0. The van der Waals surface area contributed by atoms with Crippen LogP contribution in [0, 0.1) is 40.4 Å². The normalized spacial score (nSPS) is 43.6. The fourth-order valence-corrected chi connectivity index (χ4v) is 8.48. The van der Waals surface area contributed by atoms with Crippen LogP contribution in [0.3, 0.4) is 0 Å². The lowest BCUT2D eigenvalue weighted by atomic mass is 9.47. The zero-order chi connectivity index (χ0) is 21.7. The van der Waals surface area contributed by atoms with E-state index in [1.807, 2.05) is 0 Å². The minimum Gasteiger partial charge on any atom is -0.550 e. The van der Waals surface area contributed by atoms with Crippen molar-refractivity contribution in [3.8, 4) is 0 Å². The highest BCUT2D eigenvalue weighted by Crippen LogP contribution is 2.67. The fourth-order valence-electron chi connectivity index (χ4n) is 8.48. The molecule has 4 rings (SSSR count). The number of hydrogen-bond donors (Lipinski definition) is 0. The number of fused-ring (bicyclic) bond motifs is 5. The van der Waals surface area contributed by atoms with Crippen molar-refractivity contribution in [2.24, 2.45) is 40.4 Å². The van der Waals surface area contributed by atoms with E-state index >= 15 is 0 Å². The number of carboxylic acid groups (broad SMARTS) is 1. The lowest BCUT2D eigenvalue weighted by Crippen LogP contribution is -2.51. The third kappa shape index (κ3) is 3.62. The second-order valence-electron chi connectivity index (χ2n) is 11.3. The van der Waals surface area contributed by atoms with Crippen LogP contribution in [0.25, 0.3) is 0 Å². The van der Waals surface area contributed by atoms with Crippen LogP contribution in [0.4, 0.5) is 0 Å². The zero-order valence-corrected chi connectivity index (χ0v) is 19.2. The molecule has 4 aliphatic rings. The highest BCUT2D eigenvalue weighted by molar-refractivity contribution is 5.66. The first-order chi connectivity index (χ1) is 14.1. The van der Waals surface area contributed by atoms with Gasteiger partial charge in [0.15, 0.2) is 0 Å². The van der Waals surface area contributed by atoms with Gasteiger partial charge in [-0.1, -0.05) is 32.4 Å². The number of carboxylic acids is 1. The van der Waals surface area contributed by atoms with Crippen molar-refractivity contribution in [3.05, 3.63) is 11.6 Å². The predicted octanol–water partition coefficient (Wildman–Crippen LogP) is 4.66. The minimum absolute atomic E-state index is 0.0627. The first-order valence-electron chi connectivity index (χ1n) is 12.2. The molecule has 168 valence electrons. The second kappa shape index (κ2) is 7.98. The van der Waals surface area contributed by atoms with Gasteiger partial charge < -0.3 is 14.6 Å². The summed E-state index contributed by atoms with van der Waals surface area (Å²) in [5.41, 5.74) is 2.16. The third-order valence-electron chi connectivity index (χ3n) is 9.96. The van der Waals surface area contributed by atoms with E-state index in [1.54, 1.807) is 5.57 Å². The number of rotatable bonds is 5. The van der Waals surface area contributed by atoms with E-state index in [0.717, 1.165) is 43.4 Å². The number of esters is 1. The largest absolute Gasteiger partial charge is 0.550 e. The van der Waals surface area contributed by atoms with Gasteiger partial charge in [0.25, 0.3) is 0 Å². The standard InChI is InChI=1S/C26H40O4/c1-16(5-10-24(28)29)21-8-9-22-20-7-6-18-15-19(30-17(2)27)11-13-25(18,3)23(20)12-14-26(21,22)4/h6,16,19-23H,5,7-15H2,1-4H3,(H,28,29)/p-1/t16-,19+,20-,21+,22+,23-,25+,26-/m1/s1. The molecule has 0 N–H and O–H groups in total. The predicted molar refractivity (Wildman–Crippen MR) is 114 cm³/mol. The molecule has 4 nitrogen and oxygen atoms in total. The third-order valence-corrected chi connectivity index (χ3v) is 9.96. The van der Waals surface area contributed by atoms with Gasteiger partial charge in [-0.25, -0.2) is 0 Å². The molecule has 0 aromatic carbocycles. The molecule has 30 heavy (non-hydrogen) atoms. The van der Waals surface area contributed by atoms with Gasteiger partial charge >= 0.3 is 5.97 Å². The van der Waals surface area contributed by atoms with Crippen molar-refractivity contribution >= 4 is 11.9 Å². The molecule has 4 aliphatic carbocycles. The van der Waals surface area contributed by atoms with Gasteiger partial charge in [0.2, 0.25) is 0 Å². The smallest absolute Gasteiger partial charge is 0.302 e. The van der Waals surface area contributed by atoms with Gasteiger partial charge in [0.1, 0.15) is 6.10 Å². The molecule has 0 aromatic heterocycles. The van der Waals surface area contributed by atoms with Crippen LogP contribution < -0.4 is 5.11 Å². The topological polar surface area (TPSA) is 66.4 Å². The molecular weight excluding hydrogens is 376 g/mol. The Kier molecular flexibility index (Phi) is 5.83. The molecule has 3 saturated carbocycles. The van der Waals surface area contributed by atoms with Gasteiger partial charge in [-0.05, 0) is 98.2 Å². The molecular formula is C26H39O4-. The summed E-state index contributed by atoms with van der Waals surface area (Å²) in [6, 6.07) is 0. The summed E-state index contributed by atoms with van der Waals surface area (Å²) in [6.07, 6.45) is 12.8. The quantitative estimate of drug-likeness (QED) is 0.484. The van der Waals surface area contributed by atoms with E-state index in [4.69, 9.17) is 4.74 Å². The molecule has 0 radical (unpaired) electrons. The highest BCUT2D eigenvalue weighted by Gasteiger charge is 2.59. The molecule has 0 bridgehead atoms. The lowest BCUT2D eigenvalue weighted by molar-refractivity contribution is -0.306. The van der Waals surface area contributed by atoms with E-state index < -0.39 is 5.97 Å². The summed E-state index contributed by atoms with van der Waals surface area (Å²) in [6.45, 7) is 8.78. The van der Waals surface area contributed by atoms with Crippen LogP contribution in [-0.2, 0) is 14.3 Å². The van der Waals surface area contributed by atoms with E-state index in [2.05, 4.69) is 26.8 Å². The van der Waals surface area contributed by atoms with E-state index in [1.165, 1.54) is 39.0 Å². The van der Waals surface area contributed by atoms with Crippen molar-refractivity contribution < 1.29 is 19.4 Å².